The second kappa shape index (κ2) is 6.54. The molecule has 2 aliphatic rings. The first-order chi connectivity index (χ1) is 12.2. The van der Waals surface area contributed by atoms with E-state index in [-0.39, 0.29) is 26.1 Å². The van der Waals surface area contributed by atoms with Crippen LogP contribution in [0.3, 0.4) is 0 Å². The van der Waals surface area contributed by atoms with Gasteiger partial charge in [0.05, 0.1) is 5.41 Å². The van der Waals surface area contributed by atoms with Gasteiger partial charge < -0.3 is 20.2 Å². The number of benzene rings is 1. The molecular formula is C17H19F2N3O4. The van der Waals surface area contributed by atoms with Gasteiger partial charge in [0, 0.05) is 19.6 Å². The van der Waals surface area contributed by atoms with Gasteiger partial charge in [-0.3, -0.25) is 9.59 Å². The molecule has 2 atom stereocenters. The van der Waals surface area contributed by atoms with Crippen molar-refractivity contribution in [2.24, 2.45) is 5.41 Å². The van der Waals surface area contributed by atoms with E-state index in [2.05, 4.69) is 5.32 Å². The van der Waals surface area contributed by atoms with Crippen molar-refractivity contribution in [3.05, 3.63) is 29.8 Å². The minimum absolute atomic E-state index is 0.0424. The summed E-state index contributed by atoms with van der Waals surface area (Å²) in [6, 6.07) is 1.88. The molecule has 2 unspecified atom stereocenters. The van der Waals surface area contributed by atoms with Gasteiger partial charge in [0.15, 0.2) is 0 Å². The van der Waals surface area contributed by atoms with Crippen LogP contribution in [-0.4, -0.2) is 53.6 Å². The van der Waals surface area contributed by atoms with E-state index in [1.807, 2.05) is 0 Å². The summed E-state index contributed by atoms with van der Waals surface area (Å²) in [5.74, 6) is -3.27. The maximum Gasteiger partial charge on any atom is 0.318 e. The van der Waals surface area contributed by atoms with Crippen molar-refractivity contribution in [2.45, 2.75) is 25.8 Å². The maximum absolute atomic E-state index is 13.9. The van der Waals surface area contributed by atoms with Gasteiger partial charge in [0.2, 0.25) is 5.91 Å². The summed E-state index contributed by atoms with van der Waals surface area (Å²) in [6.45, 7) is 1.95. The molecule has 1 aromatic rings. The first-order valence-corrected chi connectivity index (χ1v) is 8.27. The Hall–Kier alpha value is -2.71. The minimum Gasteiger partial charge on any atom is -0.481 e. The fourth-order valence-corrected chi connectivity index (χ4v) is 3.33. The van der Waals surface area contributed by atoms with Crippen LogP contribution >= 0.6 is 0 Å². The molecule has 0 spiro atoms. The monoisotopic (exact) mass is 367 g/mol. The van der Waals surface area contributed by atoms with E-state index in [1.165, 1.54) is 11.0 Å². The number of urea groups is 1. The number of carboxylic acid groups (broad SMARTS) is 1. The van der Waals surface area contributed by atoms with Crippen molar-refractivity contribution in [3.63, 3.8) is 0 Å². The van der Waals surface area contributed by atoms with Crippen molar-refractivity contribution in [2.75, 3.05) is 24.5 Å². The van der Waals surface area contributed by atoms with Gasteiger partial charge >= 0.3 is 12.0 Å². The number of halogens is 2. The van der Waals surface area contributed by atoms with Crippen molar-refractivity contribution in [1.82, 2.24) is 10.2 Å². The Balaban J connectivity index is 1.66. The molecule has 0 aliphatic carbocycles. The summed E-state index contributed by atoms with van der Waals surface area (Å²) >= 11 is 0. The molecule has 2 fully saturated rings. The van der Waals surface area contributed by atoms with Crippen LogP contribution in [0, 0.1) is 17.0 Å². The highest BCUT2D eigenvalue weighted by Crippen LogP contribution is 2.31. The number of carbonyl (C=O) groups excluding carboxylic acids is 2. The number of rotatable bonds is 3. The molecule has 2 N–H and O–H groups in total. The van der Waals surface area contributed by atoms with Crippen LogP contribution in [0.15, 0.2) is 18.2 Å². The zero-order chi connectivity index (χ0) is 19.1. The van der Waals surface area contributed by atoms with Gasteiger partial charge in [-0.05, 0) is 31.9 Å². The topological polar surface area (TPSA) is 89.9 Å². The molecule has 0 bridgehead atoms. The Kier molecular flexibility index (Phi) is 4.55. The normalized spacial score (nSPS) is 25.7. The highest BCUT2D eigenvalue weighted by Gasteiger charge is 2.43. The van der Waals surface area contributed by atoms with Gasteiger partial charge in [-0.15, -0.1) is 0 Å². The second-order valence-electron chi connectivity index (χ2n) is 6.89. The summed E-state index contributed by atoms with van der Waals surface area (Å²) in [5.41, 5.74) is -1.44. The summed E-state index contributed by atoms with van der Waals surface area (Å²) < 4.78 is 27.8. The van der Waals surface area contributed by atoms with E-state index >= 15 is 0 Å². The standard InChI is InChI=1S/C17H19F2N3O4/c1-17(15(24)25)6-8-21(9-17)16(26)20-12-5-7-22(14(12)23)13-10(18)3-2-4-11(13)19/h2-4,12H,5-9H2,1H3,(H,20,26)(H,24,25). The van der Waals surface area contributed by atoms with E-state index < -0.39 is 46.7 Å². The van der Waals surface area contributed by atoms with Gasteiger partial charge in [-0.1, -0.05) is 6.07 Å². The number of amides is 3. The molecule has 140 valence electrons. The molecule has 0 saturated carbocycles. The molecule has 9 heteroatoms. The number of aliphatic carboxylic acids is 1. The molecule has 0 radical (unpaired) electrons. The third-order valence-corrected chi connectivity index (χ3v) is 4.99. The molecule has 2 heterocycles. The summed E-state index contributed by atoms with van der Waals surface area (Å²) in [7, 11) is 0. The van der Waals surface area contributed by atoms with Gasteiger partial charge in [0.25, 0.3) is 0 Å². The van der Waals surface area contributed by atoms with Gasteiger partial charge in [-0.25, -0.2) is 13.6 Å². The Morgan fingerprint density at radius 1 is 1.27 bits per heavy atom. The number of hydrogen-bond acceptors (Lipinski definition) is 3. The lowest BCUT2D eigenvalue weighted by Gasteiger charge is -2.22. The molecular weight excluding hydrogens is 348 g/mol. The summed E-state index contributed by atoms with van der Waals surface area (Å²) in [5, 5.41) is 11.8. The Labute approximate surface area is 148 Å². The van der Waals surface area contributed by atoms with Gasteiger partial charge in [-0.2, -0.15) is 0 Å². The fourth-order valence-electron chi connectivity index (χ4n) is 3.33. The molecule has 7 nitrogen and oxygen atoms in total. The number of carbonyl (C=O) groups is 3. The van der Waals surface area contributed by atoms with Crippen LogP contribution in [0.5, 0.6) is 0 Å². The third kappa shape index (κ3) is 3.09. The summed E-state index contributed by atoms with van der Waals surface area (Å²) in [6.07, 6.45) is 0.531. The highest BCUT2D eigenvalue weighted by molar-refractivity contribution is 6.01. The van der Waals surface area contributed by atoms with E-state index in [9.17, 15) is 28.3 Å². The zero-order valence-corrected chi connectivity index (χ0v) is 14.2. The quantitative estimate of drug-likeness (QED) is 0.849. The van der Waals surface area contributed by atoms with Crippen molar-refractivity contribution >= 4 is 23.6 Å². The number of para-hydroxylation sites is 1. The highest BCUT2D eigenvalue weighted by atomic mass is 19.1. The number of anilines is 1. The van der Waals surface area contributed by atoms with Crippen LogP contribution in [0.1, 0.15) is 19.8 Å². The predicted molar refractivity (Wildman–Crippen MR) is 87.6 cm³/mol. The molecule has 2 aliphatic heterocycles. The number of nitrogens with one attached hydrogen (secondary N) is 1. The molecule has 3 rings (SSSR count). The first kappa shape index (κ1) is 18.1. The van der Waals surface area contributed by atoms with Crippen molar-refractivity contribution in [3.8, 4) is 0 Å². The van der Waals surface area contributed by atoms with Crippen molar-refractivity contribution in [1.29, 1.82) is 0 Å². The summed E-state index contributed by atoms with van der Waals surface area (Å²) in [4.78, 5) is 38.4. The minimum atomic E-state index is -1.01. The fraction of sp³-hybridized carbons (Fsp3) is 0.471. The lowest BCUT2D eigenvalue weighted by molar-refractivity contribution is -0.147. The Bertz CT molecular complexity index is 752. The smallest absolute Gasteiger partial charge is 0.318 e. The number of hydrogen-bond donors (Lipinski definition) is 2. The van der Waals surface area contributed by atoms with E-state index in [1.54, 1.807) is 6.92 Å². The molecule has 0 aromatic heterocycles. The number of carboxylic acids is 1. The predicted octanol–water partition coefficient (Wildman–Crippen LogP) is 1.58. The van der Waals surface area contributed by atoms with Gasteiger partial charge in [0.1, 0.15) is 23.4 Å². The molecule has 2 saturated heterocycles. The van der Waals surface area contributed by atoms with Crippen LogP contribution < -0.4 is 10.2 Å². The zero-order valence-electron chi connectivity index (χ0n) is 14.2. The maximum atomic E-state index is 13.9. The average Bonchev–Trinajstić information content (AvgIpc) is 3.14. The van der Waals surface area contributed by atoms with Crippen LogP contribution in [0.4, 0.5) is 19.3 Å². The van der Waals surface area contributed by atoms with E-state index in [0.29, 0.717) is 6.42 Å². The van der Waals surface area contributed by atoms with Crippen LogP contribution in [0.2, 0.25) is 0 Å². The van der Waals surface area contributed by atoms with Crippen LogP contribution in [-0.2, 0) is 9.59 Å². The molecule has 3 amide bonds. The lowest BCUT2D eigenvalue weighted by atomic mass is 9.90. The van der Waals surface area contributed by atoms with E-state index in [0.717, 1.165) is 17.0 Å². The molecule has 26 heavy (non-hydrogen) atoms. The number of nitrogens with zero attached hydrogens (tertiary/aromatic N) is 2. The second-order valence-corrected chi connectivity index (χ2v) is 6.89. The Morgan fingerprint density at radius 2 is 1.92 bits per heavy atom. The largest absolute Gasteiger partial charge is 0.481 e. The average molecular weight is 367 g/mol. The lowest BCUT2D eigenvalue weighted by Crippen LogP contribution is -2.48. The third-order valence-electron chi connectivity index (χ3n) is 4.99. The van der Waals surface area contributed by atoms with Crippen molar-refractivity contribution < 1.29 is 28.3 Å². The number of likely N-dealkylation sites (tertiary alicyclic amines) is 1. The SMILES string of the molecule is CC1(C(=O)O)CCN(C(=O)NC2CCN(c3c(F)cccc3F)C2=O)C1. The molecule has 1 aromatic carbocycles. The Morgan fingerprint density at radius 3 is 2.50 bits per heavy atom. The van der Waals surface area contributed by atoms with E-state index in [4.69, 9.17) is 0 Å². The first-order valence-electron chi connectivity index (χ1n) is 8.27. The van der Waals surface area contributed by atoms with Crippen LogP contribution in [0.25, 0.3) is 0 Å².